The van der Waals surface area contributed by atoms with Crippen LogP contribution in [0.4, 0.5) is 10.1 Å². The first-order chi connectivity index (χ1) is 12.5. The standard InChI is InChI=1S/C19H14ClFN2O2S/c1-22-18(24)11-6-7-13(20)15(10-11)23-19(25)17-9-8-16(26-17)12-4-2-3-5-14(12)21/h2-10H,1H3,(H,22,24)(H,23,25). The molecule has 2 aromatic carbocycles. The average molecular weight is 389 g/mol. The van der Waals surface area contributed by atoms with Crippen LogP contribution >= 0.6 is 22.9 Å². The molecule has 0 aliphatic carbocycles. The third-order valence-corrected chi connectivity index (χ3v) is 5.12. The Hall–Kier alpha value is -2.70. The quantitative estimate of drug-likeness (QED) is 0.673. The van der Waals surface area contributed by atoms with E-state index in [2.05, 4.69) is 10.6 Å². The molecule has 2 amide bonds. The summed E-state index contributed by atoms with van der Waals surface area (Å²) in [4.78, 5) is 25.3. The van der Waals surface area contributed by atoms with Gasteiger partial charge in [0.15, 0.2) is 0 Å². The summed E-state index contributed by atoms with van der Waals surface area (Å²) in [5, 5.41) is 5.52. The zero-order valence-electron chi connectivity index (χ0n) is 13.7. The molecule has 1 aromatic heterocycles. The highest BCUT2D eigenvalue weighted by Crippen LogP contribution is 2.31. The van der Waals surface area contributed by atoms with Gasteiger partial charge in [-0.1, -0.05) is 29.8 Å². The van der Waals surface area contributed by atoms with Crippen molar-refractivity contribution in [1.82, 2.24) is 5.32 Å². The molecule has 26 heavy (non-hydrogen) atoms. The number of thiophene rings is 1. The van der Waals surface area contributed by atoms with Crippen molar-refractivity contribution in [3.05, 3.63) is 75.9 Å². The molecule has 0 saturated heterocycles. The zero-order valence-corrected chi connectivity index (χ0v) is 15.2. The maximum absolute atomic E-state index is 13.9. The summed E-state index contributed by atoms with van der Waals surface area (Å²) in [6, 6.07) is 14.3. The Kier molecular flexibility index (Phi) is 5.35. The lowest BCUT2D eigenvalue weighted by atomic mass is 10.2. The average Bonchev–Trinajstić information content (AvgIpc) is 3.13. The zero-order chi connectivity index (χ0) is 18.7. The Morgan fingerprint density at radius 2 is 1.81 bits per heavy atom. The van der Waals surface area contributed by atoms with E-state index in [0.717, 1.165) is 0 Å². The molecule has 0 aliphatic heterocycles. The monoisotopic (exact) mass is 388 g/mol. The van der Waals surface area contributed by atoms with Crippen LogP contribution in [0.15, 0.2) is 54.6 Å². The molecule has 0 bridgehead atoms. The number of rotatable bonds is 4. The Morgan fingerprint density at radius 1 is 1.04 bits per heavy atom. The number of amides is 2. The first-order valence-corrected chi connectivity index (χ1v) is 8.86. The Morgan fingerprint density at radius 3 is 2.54 bits per heavy atom. The highest BCUT2D eigenvalue weighted by Gasteiger charge is 2.15. The van der Waals surface area contributed by atoms with Gasteiger partial charge in [-0.25, -0.2) is 4.39 Å². The van der Waals surface area contributed by atoms with Gasteiger partial charge in [0.2, 0.25) is 0 Å². The van der Waals surface area contributed by atoms with Gasteiger partial charge >= 0.3 is 0 Å². The predicted octanol–water partition coefficient (Wildman–Crippen LogP) is 4.82. The van der Waals surface area contributed by atoms with E-state index in [4.69, 9.17) is 11.6 Å². The summed E-state index contributed by atoms with van der Waals surface area (Å²) in [5.74, 6) is -1.01. The van der Waals surface area contributed by atoms with E-state index in [0.29, 0.717) is 31.6 Å². The molecule has 0 spiro atoms. The summed E-state index contributed by atoms with van der Waals surface area (Å²) < 4.78 is 13.9. The second-order valence-electron chi connectivity index (χ2n) is 5.37. The van der Waals surface area contributed by atoms with Crippen LogP contribution in [0.5, 0.6) is 0 Å². The molecule has 2 N–H and O–H groups in total. The number of nitrogens with one attached hydrogen (secondary N) is 2. The topological polar surface area (TPSA) is 58.2 Å². The highest BCUT2D eigenvalue weighted by atomic mass is 35.5. The smallest absolute Gasteiger partial charge is 0.265 e. The maximum Gasteiger partial charge on any atom is 0.265 e. The lowest BCUT2D eigenvalue weighted by Gasteiger charge is -2.08. The number of carbonyl (C=O) groups excluding carboxylic acids is 2. The molecule has 0 saturated carbocycles. The van der Waals surface area contributed by atoms with Gasteiger partial charge in [-0.2, -0.15) is 0 Å². The van der Waals surface area contributed by atoms with Crippen LogP contribution in [0.3, 0.4) is 0 Å². The van der Waals surface area contributed by atoms with E-state index in [1.807, 2.05) is 0 Å². The number of hydrogen-bond donors (Lipinski definition) is 2. The molecular weight excluding hydrogens is 375 g/mol. The molecule has 0 aliphatic rings. The lowest BCUT2D eigenvalue weighted by Crippen LogP contribution is -2.18. The molecule has 3 aromatic rings. The lowest BCUT2D eigenvalue weighted by molar-refractivity contribution is 0.0961. The summed E-state index contributed by atoms with van der Waals surface area (Å²) >= 11 is 7.28. The molecule has 1 heterocycles. The summed E-state index contributed by atoms with van der Waals surface area (Å²) in [6.45, 7) is 0. The van der Waals surface area contributed by atoms with Crippen LogP contribution in [0.2, 0.25) is 5.02 Å². The number of anilines is 1. The van der Waals surface area contributed by atoms with Crippen molar-refractivity contribution in [3.8, 4) is 10.4 Å². The Labute approximate surface area is 158 Å². The minimum absolute atomic E-state index is 0.282. The van der Waals surface area contributed by atoms with E-state index < -0.39 is 0 Å². The van der Waals surface area contributed by atoms with Crippen molar-refractivity contribution in [2.24, 2.45) is 0 Å². The molecule has 0 fully saturated rings. The second kappa shape index (κ2) is 7.68. The normalized spacial score (nSPS) is 10.4. The van der Waals surface area contributed by atoms with Crippen LogP contribution in [0.1, 0.15) is 20.0 Å². The van der Waals surface area contributed by atoms with E-state index in [1.54, 1.807) is 42.5 Å². The molecular formula is C19H14ClFN2O2S. The van der Waals surface area contributed by atoms with E-state index in [-0.39, 0.29) is 17.6 Å². The van der Waals surface area contributed by atoms with Crippen LogP contribution in [-0.2, 0) is 0 Å². The number of benzene rings is 2. The molecule has 3 rings (SSSR count). The molecule has 0 atom stereocenters. The van der Waals surface area contributed by atoms with Gasteiger partial charge < -0.3 is 10.6 Å². The Bertz CT molecular complexity index is 987. The first kappa shape index (κ1) is 18.1. The van der Waals surface area contributed by atoms with Gasteiger partial charge in [0.05, 0.1) is 15.6 Å². The van der Waals surface area contributed by atoms with Gasteiger partial charge in [-0.15, -0.1) is 11.3 Å². The molecule has 0 unspecified atom stereocenters. The fraction of sp³-hybridized carbons (Fsp3) is 0.0526. The number of carbonyl (C=O) groups is 2. The fourth-order valence-corrected chi connectivity index (χ4v) is 3.45. The van der Waals surface area contributed by atoms with Gasteiger partial charge in [-0.05, 0) is 36.4 Å². The van der Waals surface area contributed by atoms with Crippen molar-refractivity contribution in [3.63, 3.8) is 0 Å². The number of halogens is 2. The van der Waals surface area contributed by atoms with Crippen molar-refractivity contribution in [1.29, 1.82) is 0 Å². The van der Waals surface area contributed by atoms with Crippen molar-refractivity contribution < 1.29 is 14.0 Å². The largest absolute Gasteiger partial charge is 0.355 e. The van der Waals surface area contributed by atoms with Crippen molar-refractivity contribution in [2.75, 3.05) is 12.4 Å². The third-order valence-electron chi connectivity index (χ3n) is 3.67. The van der Waals surface area contributed by atoms with Gasteiger partial charge in [0.1, 0.15) is 5.82 Å². The van der Waals surface area contributed by atoms with Gasteiger partial charge in [0, 0.05) is 23.1 Å². The van der Waals surface area contributed by atoms with E-state index in [1.165, 1.54) is 30.5 Å². The molecule has 132 valence electrons. The third kappa shape index (κ3) is 3.76. The Balaban J connectivity index is 1.83. The van der Waals surface area contributed by atoms with Crippen molar-refractivity contribution in [2.45, 2.75) is 0 Å². The van der Waals surface area contributed by atoms with E-state index >= 15 is 0 Å². The SMILES string of the molecule is CNC(=O)c1ccc(Cl)c(NC(=O)c2ccc(-c3ccccc3F)s2)c1. The van der Waals surface area contributed by atoms with Crippen LogP contribution in [-0.4, -0.2) is 18.9 Å². The summed E-state index contributed by atoms with van der Waals surface area (Å²) in [5.41, 5.74) is 1.15. The summed E-state index contributed by atoms with van der Waals surface area (Å²) in [7, 11) is 1.52. The minimum atomic E-state index is -0.381. The number of hydrogen-bond acceptors (Lipinski definition) is 3. The molecule has 7 heteroatoms. The maximum atomic E-state index is 13.9. The second-order valence-corrected chi connectivity index (χ2v) is 6.86. The van der Waals surface area contributed by atoms with Crippen LogP contribution in [0, 0.1) is 5.82 Å². The van der Waals surface area contributed by atoms with Crippen molar-refractivity contribution >= 4 is 40.4 Å². The predicted molar refractivity (Wildman–Crippen MR) is 103 cm³/mol. The fourth-order valence-electron chi connectivity index (χ4n) is 2.36. The first-order valence-electron chi connectivity index (χ1n) is 7.67. The minimum Gasteiger partial charge on any atom is -0.355 e. The van der Waals surface area contributed by atoms with Gasteiger partial charge in [0.25, 0.3) is 11.8 Å². The molecule has 4 nitrogen and oxygen atoms in total. The highest BCUT2D eigenvalue weighted by molar-refractivity contribution is 7.17. The van der Waals surface area contributed by atoms with E-state index in [9.17, 15) is 14.0 Å². The van der Waals surface area contributed by atoms with Gasteiger partial charge in [-0.3, -0.25) is 9.59 Å². The summed E-state index contributed by atoms with van der Waals surface area (Å²) in [6.07, 6.45) is 0. The van der Waals surface area contributed by atoms with Crippen LogP contribution in [0.25, 0.3) is 10.4 Å². The molecule has 0 radical (unpaired) electrons. The van der Waals surface area contributed by atoms with Crippen LogP contribution < -0.4 is 10.6 Å².